The maximum absolute atomic E-state index is 11.9. The fourth-order valence-corrected chi connectivity index (χ4v) is 1.53. The highest BCUT2D eigenvalue weighted by Gasteiger charge is 2.06. The maximum atomic E-state index is 11.9. The van der Waals surface area contributed by atoms with Gasteiger partial charge in [-0.3, -0.25) is 4.79 Å². The molecule has 0 radical (unpaired) electrons. The largest absolute Gasteiger partial charge is 0.378 e. The van der Waals surface area contributed by atoms with Gasteiger partial charge in [0.05, 0.1) is 0 Å². The number of benzene rings is 1. The highest BCUT2D eigenvalue weighted by molar-refractivity contribution is 5.96. The van der Waals surface area contributed by atoms with E-state index in [0.29, 0.717) is 5.56 Å². The summed E-state index contributed by atoms with van der Waals surface area (Å²) in [6.45, 7) is 4.06. The van der Waals surface area contributed by atoms with E-state index in [4.69, 9.17) is 0 Å². The Morgan fingerprint density at radius 2 is 1.94 bits per heavy atom. The van der Waals surface area contributed by atoms with Crippen LogP contribution < -0.4 is 10.3 Å². The Morgan fingerprint density at radius 1 is 1.28 bits per heavy atom. The van der Waals surface area contributed by atoms with E-state index >= 15 is 0 Å². The number of amides is 1. The number of rotatable bonds is 5. The fourth-order valence-electron chi connectivity index (χ4n) is 1.53. The molecule has 98 valence electrons. The van der Waals surface area contributed by atoms with Crippen molar-refractivity contribution in [3.05, 3.63) is 29.8 Å². The molecule has 1 amide bonds. The van der Waals surface area contributed by atoms with Crippen LogP contribution >= 0.6 is 0 Å². The molecule has 0 atom stereocenters. The van der Waals surface area contributed by atoms with Gasteiger partial charge in [-0.25, -0.2) is 5.43 Å². The zero-order chi connectivity index (χ0) is 13.5. The van der Waals surface area contributed by atoms with Crippen molar-refractivity contribution in [1.29, 1.82) is 0 Å². The van der Waals surface area contributed by atoms with E-state index < -0.39 is 0 Å². The van der Waals surface area contributed by atoms with Crippen LogP contribution in [0.4, 0.5) is 5.69 Å². The Balaban J connectivity index is 2.78. The van der Waals surface area contributed by atoms with Crippen molar-refractivity contribution in [1.82, 2.24) is 5.43 Å². The van der Waals surface area contributed by atoms with Gasteiger partial charge in [-0.15, -0.1) is 0 Å². The van der Waals surface area contributed by atoms with Gasteiger partial charge < -0.3 is 4.90 Å². The molecule has 0 saturated carbocycles. The number of nitrogens with one attached hydrogen (secondary N) is 1. The Labute approximate surface area is 109 Å². The summed E-state index contributed by atoms with van der Waals surface area (Å²) in [5.41, 5.74) is 5.21. The predicted octanol–water partition coefficient (Wildman–Crippen LogP) is 2.66. The third-order valence-electron chi connectivity index (χ3n) is 2.76. The Hall–Kier alpha value is -1.84. The average molecular weight is 247 g/mol. The molecule has 0 saturated heterocycles. The highest BCUT2D eigenvalue weighted by Crippen LogP contribution is 2.13. The number of carbonyl (C=O) groups excluding carboxylic acids is 1. The molecular weight excluding hydrogens is 226 g/mol. The van der Waals surface area contributed by atoms with Gasteiger partial charge in [0, 0.05) is 31.1 Å². The minimum atomic E-state index is -0.168. The number of nitrogens with zero attached hydrogens (tertiary/aromatic N) is 2. The number of carbonyl (C=O) groups is 1. The number of hydrazone groups is 1. The van der Waals surface area contributed by atoms with Crippen molar-refractivity contribution in [2.75, 3.05) is 19.0 Å². The van der Waals surface area contributed by atoms with E-state index in [1.807, 2.05) is 51.0 Å². The lowest BCUT2D eigenvalue weighted by Crippen LogP contribution is -2.20. The lowest BCUT2D eigenvalue weighted by Gasteiger charge is -2.13. The first-order valence-corrected chi connectivity index (χ1v) is 6.21. The van der Waals surface area contributed by atoms with Crippen molar-refractivity contribution in [3.63, 3.8) is 0 Å². The average Bonchev–Trinajstić information content (AvgIpc) is 2.39. The number of anilines is 1. The van der Waals surface area contributed by atoms with Gasteiger partial charge in [0.1, 0.15) is 0 Å². The second-order valence-corrected chi connectivity index (χ2v) is 4.27. The van der Waals surface area contributed by atoms with E-state index in [9.17, 15) is 4.79 Å². The third kappa shape index (κ3) is 3.87. The second kappa shape index (κ2) is 6.79. The van der Waals surface area contributed by atoms with Crippen LogP contribution in [0.15, 0.2) is 29.4 Å². The van der Waals surface area contributed by atoms with Crippen LogP contribution in [0.25, 0.3) is 0 Å². The summed E-state index contributed by atoms with van der Waals surface area (Å²) in [5, 5.41) is 4.12. The second-order valence-electron chi connectivity index (χ2n) is 4.27. The molecule has 0 unspecified atom stereocenters. The number of hydrogen-bond donors (Lipinski definition) is 1. The Morgan fingerprint density at radius 3 is 2.50 bits per heavy atom. The lowest BCUT2D eigenvalue weighted by atomic mass is 10.2. The fraction of sp³-hybridized carbons (Fsp3) is 0.429. The molecule has 0 fully saturated rings. The highest BCUT2D eigenvalue weighted by atomic mass is 16.2. The van der Waals surface area contributed by atoms with Crippen LogP contribution in [0.3, 0.4) is 0 Å². The molecule has 0 aliphatic rings. The standard InChI is InChI=1S/C14H21N3O/c1-5-12(6-2)15-16-14(18)11-8-7-9-13(10-11)17(3)4/h7-10H,5-6H2,1-4H3,(H,16,18). The summed E-state index contributed by atoms with van der Waals surface area (Å²) in [6, 6.07) is 7.47. The molecule has 0 bridgehead atoms. The normalized spacial score (nSPS) is 9.78. The predicted molar refractivity (Wildman–Crippen MR) is 76.3 cm³/mol. The SMILES string of the molecule is CCC(CC)=NNC(=O)c1cccc(N(C)C)c1. The summed E-state index contributed by atoms with van der Waals surface area (Å²) in [4.78, 5) is 13.9. The van der Waals surface area contributed by atoms with Crippen LogP contribution in [0, 0.1) is 0 Å². The molecule has 0 aromatic heterocycles. The molecule has 18 heavy (non-hydrogen) atoms. The molecule has 0 aliphatic heterocycles. The molecule has 4 nitrogen and oxygen atoms in total. The van der Waals surface area contributed by atoms with Crippen LogP contribution in [0.2, 0.25) is 0 Å². The van der Waals surface area contributed by atoms with E-state index in [-0.39, 0.29) is 5.91 Å². The summed E-state index contributed by atoms with van der Waals surface area (Å²) < 4.78 is 0. The van der Waals surface area contributed by atoms with E-state index in [1.165, 1.54) is 0 Å². The monoisotopic (exact) mass is 247 g/mol. The molecule has 1 N–H and O–H groups in total. The molecule has 0 spiro atoms. The van der Waals surface area contributed by atoms with Crippen LogP contribution in [-0.4, -0.2) is 25.7 Å². The van der Waals surface area contributed by atoms with Gasteiger partial charge in [0.15, 0.2) is 0 Å². The minimum absolute atomic E-state index is 0.168. The summed E-state index contributed by atoms with van der Waals surface area (Å²) >= 11 is 0. The number of hydrogen-bond acceptors (Lipinski definition) is 3. The summed E-state index contributed by atoms with van der Waals surface area (Å²) in [7, 11) is 3.89. The molecule has 0 aliphatic carbocycles. The first kappa shape index (κ1) is 14.2. The van der Waals surface area contributed by atoms with Gasteiger partial charge in [-0.2, -0.15) is 5.10 Å². The lowest BCUT2D eigenvalue weighted by molar-refractivity contribution is 0.0954. The molecule has 1 aromatic rings. The summed E-state index contributed by atoms with van der Waals surface area (Å²) in [6.07, 6.45) is 1.71. The molecular formula is C14H21N3O. The van der Waals surface area contributed by atoms with E-state index in [1.54, 1.807) is 6.07 Å². The Kier molecular flexibility index (Phi) is 5.36. The quantitative estimate of drug-likeness (QED) is 0.642. The smallest absolute Gasteiger partial charge is 0.271 e. The maximum Gasteiger partial charge on any atom is 0.271 e. The molecule has 1 rings (SSSR count). The zero-order valence-electron chi connectivity index (χ0n) is 11.5. The van der Waals surface area contributed by atoms with Gasteiger partial charge in [-0.1, -0.05) is 19.9 Å². The van der Waals surface area contributed by atoms with E-state index in [2.05, 4.69) is 10.5 Å². The van der Waals surface area contributed by atoms with Crippen molar-refractivity contribution < 1.29 is 4.79 Å². The van der Waals surface area contributed by atoms with Crippen molar-refractivity contribution in [2.24, 2.45) is 5.10 Å². The zero-order valence-corrected chi connectivity index (χ0v) is 11.5. The van der Waals surface area contributed by atoms with Crippen molar-refractivity contribution in [2.45, 2.75) is 26.7 Å². The van der Waals surface area contributed by atoms with Gasteiger partial charge in [-0.05, 0) is 31.0 Å². The van der Waals surface area contributed by atoms with Crippen molar-refractivity contribution in [3.8, 4) is 0 Å². The molecule has 4 heteroatoms. The van der Waals surface area contributed by atoms with Gasteiger partial charge >= 0.3 is 0 Å². The van der Waals surface area contributed by atoms with Crippen LogP contribution in [0.5, 0.6) is 0 Å². The first-order valence-electron chi connectivity index (χ1n) is 6.21. The molecule has 0 heterocycles. The van der Waals surface area contributed by atoms with Crippen LogP contribution in [0.1, 0.15) is 37.0 Å². The topological polar surface area (TPSA) is 44.7 Å². The van der Waals surface area contributed by atoms with Crippen molar-refractivity contribution >= 4 is 17.3 Å². The molecule has 1 aromatic carbocycles. The van der Waals surface area contributed by atoms with Gasteiger partial charge in [0.2, 0.25) is 0 Å². The summed E-state index contributed by atoms with van der Waals surface area (Å²) in [5.74, 6) is -0.168. The van der Waals surface area contributed by atoms with E-state index in [0.717, 1.165) is 24.2 Å². The van der Waals surface area contributed by atoms with Gasteiger partial charge in [0.25, 0.3) is 5.91 Å². The Bertz CT molecular complexity index is 432. The minimum Gasteiger partial charge on any atom is -0.378 e. The van der Waals surface area contributed by atoms with Crippen LogP contribution in [-0.2, 0) is 0 Å². The first-order chi connectivity index (χ1) is 8.58. The third-order valence-corrected chi connectivity index (χ3v) is 2.76.